The van der Waals surface area contributed by atoms with Gasteiger partial charge in [-0.3, -0.25) is 9.55 Å². The van der Waals surface area contributed by atoms with Gasteiger partial charge >= 0.3 is 0 Å². The first-order valence-corrected chi connectivity index (χ1v) is 28.4. The molecule has 0 fully saturated rings. The number of benzene rings is 7. The van der Waals surface area contributed by atoms with E-state index >= 15 is 0 Å². The minimum atomic E-state index is -1.77. The van der Waals surface area contributed by atoms with Crippen LogP contribution in [-0.4, -0.2) is 27.7 Å². The first-order chi connectivity index (χ1) is 33.6. The molecular formula is C63H60N3O3PtSi-. The molecule has 4 heterocycles. The molecule has 4 aromatic heterocycles. The van der Waals surface area contributed by atoms with Gasteiger partial charge in [-0.25, -0.2) is 4.98 Å². The number of pyridine rings is 1. The van der Waals surface area contributed by atoms with Crippen molar-refractivity contribution in [1.82, 2.24) is 14.5 Å². The standard InChI is InChI=1S/C63H60N3O3Si.Pt/c1-35(2)43-20-15-21-44(36(3)4)56(43)40-28-29-64-51(32-40)50-34-49(61-58-57-54(68-61)24-17-25-55(57)69-62(50)58)45-22-16-23-52-59(45)65-63(46-27-26-42(33-53(46)67)70(9,10)11)66(52)60-47(37(5)6)30-41(31-48(60)38(7)8)39-18-13-12-14-19-39;/h12-33,35-38,67H,1-11H3;/q-1;. The molecule has 1 N–H and O–H groups in total. The molecule has 360 valence electrons. The molecule has 71 heavy (non-hydrogen) atoms. The molecule has 0 unspecified atom stereocenters. The fraction of sp³-hybridized carbons (Fsp3) is 0.238. The van der Waals surface area contributed by atoms with Crippen molar-refractivity contribution in [2.45, 2.75) is 98.7 Å². The Morgan fingerprint density at radius 3 is 1.77 bits per heavy atom. The summed E-state index contributed by atoms with van der Waals surface area (Å²) in [6.45, 7) is 25.0. The Bertz CT molecular complexity index is 3740. The molecule has 0 saturated heterocycles. The van der Waals surface area contributed by atoms with Crippen molar-refractivity contribution < 1.29 is 35.0 Å². The fourth-order valence-corrected chi connectivity index (χ4v) is 11.8. The van der Waals surface area contributed by atoms with Crippen LogP contribution in [0.3, 0.4) is 0 Å². The Labute approximate surface area is 432 Å². The predicted molar refractivity (Wildman–Crippen MR) is 294 cm³/mol. The molecule has 0 aliphatic heterocycles. The molecule has 11 rings (SSSR count). The summed E-state index contributed by atoms with van der Waals surface area (Å²) in [6, 6.07) is 48.9. The van der Waals surface area contributed by atoms with Crippen molar-refractivity contribution in [3.63, 3.8) is 0 Å². The van der Waals surface area contributed by atoms with Crippen molar-refractivity contribution in [3.8, 4) is 67.5 Å². The van der Waals surface area contributed by atoms with Crippen molar-refractivity contribution in [2.75, 3.05) is 0 Å². The van der Waals surface area contributed by atoms with E-state index < -0.39 is 8.07 Å². The number of imidazole rings is 1. The zero-order chi connectivity index (χ0) is 48.9. The van der Waals surface area contributed by atoms with Crippen LogP contribution in [0.25, 0.3) is 106 Å². The molecule has 8 heteroatoms. The zero-order valence-electron chi connectivity index (χ0n) is 42.4. The average molecular weight is 1130 g/mol. The van der Waals surface area contributed by atoms with E-state index in [2.05, 4.69) is 189 Å². The number of hydrogen-bond acceptors (Lipinski definition) is 5. The van der Waals surface area contributed by atoms with Crippen LogP contribution in [0.4, 0.5) is 0 Å². The number of nitrogens with zero attached hydrogens (tertiary/aromatic N) is 3. The fourth-order valence-electron chi connectivity index (χ4n) is 10.7. The van der Waals surface area contributed by atoms with Crippen LogP contribution in [0.5, 0.6) is 5.75 Å². The SMILES string of the molecule is CC(C)c1cccc(C(C)C)c1-c1ccnc(-c2[c-]c(-c3cccc4c3nc(-c3ccc([Si](C)(C)C)cc3O)n4-c3c(C(C)C)cc(-c4ccccc4)cc3C(C)C)c3oc4cccc5oc2c3c54)c1.[Pt]. The molecule has 11 aromatic rings. The second-order valence-electron chi connectivity index (χ2n) is 21.4. The Morgan fingerprint density at radius 2 is 1.17 bits per heavy atom. The molecule has 0 aliphatic rings. The Balaban J connectivity index is 0.00000582. The third-order valence-corrected chi connectivity index (χ3v) is 16.3. The molecule has 0 bridgehead atoms. The Kier molecular flexibility index (Phi) is 12.4. The second kappa shape index (κ2) is 18.3. The van der Waals surface area contributed by atoms with Crippen molar-refractivity contribution in [2.24, 2.45) is 0 Å². The van der Waals surface area contributed by atoms with Gasteiger partial charge in [0.15, 0.2) is 0 Å². The van der Waals surface area contributed by atoms with Crippen LogP contribution in [0.1, 0.15) is 101 Å². The maximum atomic E-state index is 12.2. The monoisotopic (exact) mass is 1130 g/mol. The molecule has 7 aromatic carbocycles. The first-order valence-electron chi connectivity index (χ1n) is 24.9. The van der Waals surface area contributed by atoms with E-state index in [0.29, 0.717) is 34.4 Å². The van der Waals surface area contributed by atoms with Crippen LogP contribution in [0, 0.1) is 6.07 Å². The zero-order valence-corrected chi connectivity index (χ0v) is 45.7. The number of phenolic OH excluding ortho intramolecular Hbond substituents is 1. The Morgan fingerprint density at radius 1 is 0.563 bits per heavy atom. The van der Waals surface area contributed by atoms with E-state index in [4.69, 9.17) is 18.8 Å². The number of aromatic nitrogens is 3. The summed E-state index contributed by atoms with van der Waals surface area (Å²) < 4.78 is 16.0. The van der Waals surface area contributed by atoms with E-state index in [0.717, 1.165) is 66.6 Å². The summed E-state index contributed by atoms with van der Waals surface area (Å²) in [4.78, 5) is 10.8. The van der Waals surface area contributed by atoms with Crippen molar-refractivity contribution in [3.05, 3.63) is 162 Å². The van der Waals surface area contributed by atoms with E-state index in [-0.39, 0.29) is 38.7 Å². The number of phenols is 1. The van der Waals surface area contributed by atoms with Gasteiger partial charge in [-0.2, -0.15) is 0 Å². The van der Waals surface area contributed by atoms with Gasteiger partial charge in [-0.15, -0.1) is 6.07 Å². The summed E-state index contributed by atoms with van der Waals surface area (Å²) >= 11 is 0. The predicted octanol–water partition coefficient (Wildman–Crippen LogP) is 17.4. The molecule has 0 amide bonds. The van der Waals surface area contributed by atoms with Crippen LogP contribution in [-0.2, 0) is 21.1 Å². The van der Waals surface area contributed by atoms with Gasteiger partial charge in [0.2, 0.25) is 0 Å². The number of aromatic hydroxyl groups is 1. The minimum Gasteiger partial charge on any atom is -0.507 e. The van der Waals surface area contributed by atoms with Crippen LogP contribution < -0.4 is 5.19 Å². The molecule has 0 atom stereocenters. The third kappa shape index (κ3) is 8.06. The maximum Gasteiger partial charge on any atom is 0.148 e. The normalized spacial score (nSPS) is 12.3. The van der Waals surface area contributed by atoms with Gasteiger partial charge < -0.3 is 13.9 Å². The van der Waals surface area contributed by atoms with Gasteiger partial charge in [-0.1, -0.05) is 176 Å². The summed E-state index contributed by atoms with van der Waals surface area (Å²) in [5.74, 6) is 1.87. The molecule has 0 spiro atoms. The van der Waals surface area contributed by atoms with Crippen LogP contribution >= 0.6 is 0 Å². The summed E-state index contributed by atoms with van der Waals surface area (Å²) in [6.07, 6.45) is 1.92. The molecular weight excluding hydrogens is 1070 g/mol. The second-order valence-corrected chi connectivity index (χ2v) is 26.5. The van der Waals surface area contributed by atoms with E-state index in [1.807, 2.05) is 30.5 Å². The van der Waals surface area contributed by atoms with Gasteiger partial charge in [0.1, 0.15) is 22.7 Å². The molecule has 0 aliphatic carbocycles. The topological polar surface area (TPSA) is 77.2 Å². The number of hydrogen-bond donors (Lipinski definition) is 1. The van der Waals surface area contributed by atoms with Gasteiger partial charge in [0.05, 0.1) is 46.9 Å². The van der Waals surface area contributed by atoms with Crippen molar-refractivity contribution in [1.29, 1.82) is 0 Å². The maximum absolute atomic E-state index is 12.2. The largest absolute Gasteiger partial charge is 0.507 e. The van der Waals surface area contributed by atoms with Crippen molar-refractivity contribution >= 4 is 57.4 Å². The third-order valence-electron chi connectivity index (χ3n) is 14.3. The number of furan rings is 2. The van der Waals surface area contributed by atoms with E-state index in [1.165, 1.54) is 44.1 Å². The smallest absolute Gasteiger partial charge is 0.148 e. The van der Waals surface area contributed by atoms with Crippen LogP contribution in [0.2, 0.25) is 19.6 Å². The molecule has 0 radical (unpaired) electrons. The van der Waals surface area contributed by atoms with E-state index in [9.17, 15) is 5.11 Å². The first kappa shape index (κ1) is 48.1. The molecule has 0 saturated carbocycles. The minimum absolute atomic E-state index is 0. The van der Waals surface area contributed by atoms with Gasteiger partial charge in [0, 0.05) is 38.3 Å². The summed E-state index contributed by atoms with van der Waals surface area (Å²) in [5, 5.41) is 15.2. The quantitative estimate of drug-likeness (QED) is 0.103. The number of rotatable bonds is 11. The summed E-state index contributed by atoms with van der Waals surface area (Å²) in [7, 11) is -1.77. The van der Waals surface area contributed by atoms with Gasteiger partial charge in [-0.05, 0) is 117 Å². The Hall–Kier alpha value is -6.53. The van der Waals surface area contributed by atoms with Crippen LogP contribution in [0.15, 0.2) is 142 Å². The number of fused-ring (bicyclic) bond motifs is 1. The van der Waals surface area contributed by atoms with Gasteiger partial charge in [0.25, 0.3) is 0 Å². The molecule has 6 nitrogen and oxygen atoms in total. The average Bonchev–Trinajstić information content (AvgIpc) is 4.06. The number of para-hydroxylation sites is 1. The van der Waals surface area contributed by atoms with E-state index in [1.54, 1.807) is 0 Å². The summed E-state index contributed by atoms with van der Waals surface area (Å²) in [5.41, 5.74) is 19.2.